The fraction of sp³-hybridized carbons (Fsp3) is 0.400. The minimum Gasteiger partial charge on any atom is -0.480 e. The molecule has 4 aliphatic carbocycles. The van der Waals surface area contributed by atoms with Crippen LogP contribution in [-0.2, 0) is 16.0 Å². The second-order valence-corrected chi connectivity index (χ2v) is 11.3. The van der Waals surface area contributed by atoms with Crippen LogP contribution in [0.2, 0.25) is 0 Å². The molecule has 7 heteroatoms. The van der Waals surface area contributed by atoms with Crippen molar-refractivity contribution in [2.45, 2.75) is 51.0 Å². The average Bonchev–Trinajstić information content (AvgIpc) is 2.88. The van der Waals surface area contributed by atoms with E-state index in [2.05, 4.69) is 15.6 Å². The van der Waals surface area contributed by atoms with Crippen molar-refractivity contribution in [3.05, 3.63) is 71.9 Å². The number of aliphatic carboxylic acids is 1. The summed E-state index contributed by atoms with van der Waals surface area (Å²) in [6.45, 7) is 0. The van der Waals surface area contributed by atoms with Gasteiger partial charge >= 0.3 is 5.97 Å². The maximum absolute atomic E-state index is 13.4. The molecular formula is C30H31N3O4. The van der Waals surface area contributed by atoms with Crippen LogP contribution >= 0.6 is 0 Å². The number of carbonyl (C=O) groups is 3. The summed E-state index contributed by atoms with van der Waals surface area (Å²) in [5.74, 6) is 0.514. The fourth-order valence-corrected chi connectivity index (χ4v) is 7.35. The summed E-state index contributed by atoms with van der Waals surface area (Å²) in [4.78, 5) is 42.6. The third-order valence-corrected chi connectivity index (χ3v) is 8.67. The topological polar surface area (TPSA) is 108 Å². The van der Waals surface area contributed by atoms with Gasteiger partial charge in [-0.25, -0.2) is 4.79 Å². The first-order valence-corrected chi connectivity index (χ1v) is 13.2. The van der Waals surface area contributed by atoms with Crippen LogP contribution in [0.1, 0.15) is 54.4 Å². The Morgan fingerprint density at radius 3 is 2.22 bits per heavy atom. The van der Waals surface area contributed by atoms with Crippen LogP contribution in [0.4, 0.5) is 5.69 Å². The van der Waals surface area contributed by atoms with E-state index in [1.807, 2.05) is 24.3 Å². The van der Waals surface area contributed by atoms with E-state index < -0.39 is 12.0 Å². The van der Waals surface area contributed by atoms with Crippen molar-refractivity contribution in [1.82, 2.24) is 10.3 Å². The van der Waals surface area contributed by atoms with Crippen LogP contribution in [0.25, 0.3) is 10.9 Å². The maximum atomic E-state index is 13.4. The molecule has 2 amide bonds. The molecule has 7 rings (SSSR count). The number of hydrogen-bond acceptors (Lipinski definition) is 4. The monoisotopic (exact) mass is 497 g/mol. The number of hydrogen-bond donors (Lipinski definition) is 3. The number of rotatable bonds is 7. The molecule has 4 saturated carbocycles. The molecule has 3 N–H and O–H groups in total. The predicted octanol–water partition coefficient (Wildman–Crippen LogP) is 4.82. The lowest BCUT2D eigenvalue weighted by Crippen LogP contribution is -2.56. The van der Waals surface area contributed by atoms with Crippen molar-refractivity contribution in [2.75, 3.05) is 5.32 Å². The molecule has 2 aromatic carbocycles. The van der Waals surface area contributed by atoms with E-state index in [-0.39, 0.29) is 23.7 Å². The van der Waals surface area contributed by atoms with Gasteiger partial charge in [-0.3, -0.25) is 14.6 Å². The molecule has 1 heterocycles. The van der Waals surface area contributed by atoms with E-state index in [1.165, 1.54) is 19.3 Å². The Hall–Kier alpha value is -3.74. The first-order valence-electron chi connectivity index (χ1n) is 13.2. The number of carbonyl (C=O) groups excluding carboxylic acids is 2. The highest BCUT2D eigenvalue weighted by Crippen LogP contribution is 2.60. The number of para-hydroxylation sites is 1. The Bertz CT molecular complexity index is 1330. The van der Waals surface area contributed by atoms with Crippen LogP contribution in [0.3, 0.4) is 0 Å². The normalized spacial score (nSPS) is 26.5. The van der Waals surface area contributed by atoms with Gasteiger partial charge in [0.05, 0.1) is 11.1 Å². The molecular weight excluding hydrogens is 466 g/mol. The van der Waals surface area contributed by atoms with Crippen molar-refractivity contribution in [3.63, 3.8) is 0 Å². The highest BCUT2D eigenvalue weighted by molar-refractivity contribution is 6.12. The van der Waals surface area contributed by atoms with Gasteiger partial charge in [0, 0.05) is 29.1 Å². The van der Waals surface area contributed by atoms with Crippen molar-refractivity contribution in [1.29, 1.82) is 0 Å². The maximum Gasteiger partial charge on any atom is 0.326 e. The van der Waals surface area contributed by atoms with Crippen LogP contribution in [0, 0.1) is 23.2 Å². The third-order valence-electron chi connectivity index (χ3n) is 8.67. The summed E-state index contributed by atoms with van der Waals surface area (Å²) < 4.78 is 0. The molecule has 37 heavy (non-hydrogen) atoms. The molecule has 7 nitrogen and oxygen atoms in total. The minimum absolute atomic E-state index is 0.0764. The molecule has 0 unspecified atom stereocenters. The van der Waals surface area contributed by atoms with Gasteiger partial charge in [-0.15, -0.1) is 0 Å². The number of aromatic nitrogens is 1. The summed E-state index contributed by atoms with van der Waals surface area (Å²) in [5, 5.41) is 16.5. The molecule has 0 saturated heterocycles. The smallest absolute Gasteiger partial charge is 0.326 e. The summed E-state index contributed by atoms with van der Waals surface area (Å²) in [5.41, 5.74) is 2.30. The molecule has 0 spiro atoms. The van der Waals surface area contributed by atoms with Crippen molar-refractivity contribution < 1.29 is 19.5 Å². The summed E-state index contributed by atoms with van der Waals surface area (Å²) in [6, 6.07) is 15.3. The average molecular weight is 498 g/mol. The van der Waals surface area contributed by atoms with Gasteiger partial charge in [-0.2, -0.15) is 0 Å². The number of nitrogens with one attached hydrogen (secondary N) is 2. The molecule has 0 radical (unpaired) electrons. The second kappa shape index (κ2) is 9.29. The molecule has 4 bridgehead atoms. The van der Waals surface area contributed by atoms with Gasteiger partial charge in [-0.1, -0.05) is 30.3 Å². The fourth-order valence-electron chi connectivity index (χ4n) is 7.35. The third kappa shape index (κ3) is 4.59. The van der Waals surface area contributed by atoms with E-state index in [1.54, 1.807) is 36.5 Å². The Labute approximate surface area is 215 Å². The van der Waals surface area contributed by atoms with Crippen LogP contribution < -0.4 is 10.6 Å². The molecule has 1 atom stereocenters. The number of fused-ring (bicyclic) bond motifs is 1. The predicted molar refractivity (Wildman–Crippen MR) is 140 cm³/mol. The SMILES string of the molecule is O=C(Nc1ccc(C[C@H](NC(=O)C23CC4CC(CC(C4)C2)C3)C(=O)O)cc1)c1ccnc2ccccc12. The number of pyridine rings is 1. The lowest BCUT2D eigenvalue weighted by atomic mass is 9.49. The zero-order valence-corrected chi connectivity index (χ0v) is 20.7. The second-order valence-electron chi connectivity index (χ2n) is 11.3. The lowest BCUT2D eigenvalue weighted by molar-refractivity contribution is -0.151. The Balaban J connectivity index is 1.11. The quantitative estimate of drug-likeness (QED) is 0.434. The Morgan fingerprint density at radius 1 is 0.919 bits per heavy atom. The number of nitrogens with zero attached hydrogens (tertiary/aromatic N) is 1. The van der Waals surface area contributed by atoms with Crippen LogP contribution in [0.5, 0.6) is 0 Å². The van der Waals surface area contributed by atoms with Crippen LogP contribution in [-0.4, -0.2) is 33.9 Å². The van der Waals surface area contributed by atoms with Crippen molar-refractivity contribution >= 4 is 34.4 Å². The lowest BCUT2D eigenvalue weighted by Gasteiger charge is -2.55. The molecule has 4 aliphatic rings. The van der Waals surface area contributed by atoms with E-state index in [0.29, 0.717) is 29.0 Å². The Morgan fingerprint density at radius 2 is 1.57 bits per heavy atom. The summed E-state index contributed by atoms with van der Waals surface area (Å²) >= 11 is 0. The van der Waals surface area contributed by atoms with Gasteiger partial charge in [0.1, 0.15) is 6.04 Å². The van der Waals surface area contributed by atoms with Crippen LogP contribution in [0.15, 0.2) is 60.8 Å². The standard InChI is InChI=1S/C30H31N3O4/c34-27(24-9-10-31-25-4-2-1-3-23(24)25)32-22-7-5-18(6-8-22)14-26(28(35)36)33-29(37)30-15-19-11-20(16-30)13-21(12-19)17-30/h1-10,19-21,26H,11-17H2,(H,32,34)(H,33,37)(H,35,36)/t19?,20?,21?,26-,30?/m0/s1. The van der Waals surface area contributed by atoms with E-state index in [0.717, 1.165) is 35.7 Å². The highest BCUT2D eigenvalue weighted by atomic mass is 16.4. The van der Waals surface area contributed by atoms with Gasteiger partial charge in [0.25, 0.3) is 5.91 Å². The first kappa shape index (κ1) is 23.6. The zero-order chi connectivity index (χ0) is 25.6. The van der Waals surface area contributed by atoms with E-state index in [9.17, 15) is 19.5 Å². The largest absolute Gasteiger partial charge is 0.480 e. The molecule has 4 fully saturated rings. The number of carboxylic acid groups (broad SMARTS) is 1. The van der Waals surface area contributed by atoms with Gasteiger partial charge < -0.3 is 15.7 Å². The van der Waals surface area contributed by atoms with Gasteiger partial charge in [0.15, 0.2) is 0 Å². The Kier molecular flexibility index (Phi) is 5.94. The number of carboxylic acids is 1. The minimum atomic E-state index is -1.03. The number of amides is 2. The molecule has 1 aromatic heterocycles. The van der Waals surface area contributed by atoms with Gasteiger partial charge in [-0.05, 0) is 86.1 Å². The molecule has 190 valence electrons. The number of anilines is 1. The first-order chi connectivity index (χ1) is 17.9. The number of benzene rings is 2. The van der Waals surface area contributed by atoms with E-state index in [4.69, 9.17) is 0 Å². The van der Waals surface area contributed by atoms with Crippen molar-refractivity contribution in [3.8, 4) is 0 Å². The molecule has 3 aromatic rings. The zero-order valence-electron chi connectivity index (χ0n) is 20.7. The summed E-state index contributed by atoms with van der Waals surface area (Å²) in [6.07, 6.45) is 8.20. The summed E-state index contributed by atoms with van der Waals surface area (Å²) in [7, 11) is 0. The van der Waals surface area contributed by atoms with E-state index >= 15 is 0 Å². The van der Waals surface area contributed by atoms with Crippen molar-refractivity contribution in [2.24, 2.45) is 23.2 Å². The highest BCUT2D eigenvalue weighted by Gasteiger charge is 2.54. The molecule has 0 aliphatic heterocycles. The van der Waals surface area contributed by atoms with Gasteiger partial charge in [0.2, 0.25) is 5.91 Å².